The molecule has 0 unspecified atom stereocenters. The molecule has 6 rings (SSSR count). The Kier molecular flexibility index (Phi) is 9.04. The molecule has 6 heteroatoms. The van der Waals surface area contributed by atoms with Gasteiger partial charge in [0.15, 0.2) is 11.5 Å². The second-order valence-electron chi connectivity index (χ2n) is 12.6. The van der Waals surface area contributed by atoms with Crippen LogP contribution >= 0.6 is 11.3 Å². The number of hydrogen-bond donors (Lipinski definition) is 1. The molecule has 5 nitrogen and oxygen atoms in total. The molecule has 1 aromatic heterocycles. The number of nitrogens with one attached hydrogen (secondary N) is 1. The first-order chi connectivity index (χ1) is 21.8. The highest BCUT2D eigenvalue weighted by Gasteiger charge is 2.33. The molecule has 4 aromatic carbocycles. The monoisotopic (exact) mass is 616 g/mol. The number of amides is 1. The molecule has 0 bridgehead atoms. The number of carbonyl (C=O) groups excluding carboxylic acids is 1. The van der Waals surface area contributed by atoms with Crippen LogP contribution in [0.25, 0.3) is 10.8 Å². The van der Waals surface area contributed by atoms with Crippen molar-refractivity contribution < 1.29 is 14.3 Å². The molecule has 5 aromatic rings. The summed E-state index contributed by atoms with van der Waals surface area (Å²) in [7, 11) is 0. The van der Waals surface area contributed by atoms with Gasteiger partial charge in [0.2, 0.25) is 0 Å². The molecule has 1 amide bonds. The van der Waals surface area contributed by atoms with Gasteiger partial charge in [-0.3, -0.25) is 4.79 Å². The Morgan fingerprint density at radius 1 is 0.956 bits per heavy atom. The quantitative estimate of drug-likeness (QED) is 0.168. The van der Waals surface area contributed by atoms with Gasteiger partial charge in [0.25, 0.3) is 5.91 Å². The van der Waals surface area contributed by atoms with E-state index in [4.69, 9.17) is 14.5 Å². The number of ether oxygens (including phenoxy) is 2. The Bertz CT molecular complexity index is 1830. The van der Waals surface area contributed by atoms with Crippen molar-refractivity contribution in [1.82, 2.24) is 0 Å². The van der Waals surface area contributed by atoms with Gasteiger partial charge in [-0.15, -0.1) is 11.3 Å². The van der Waals surface area contributed by atoms with Crippen LogP contribution in [0.5, 0.6) is 11.5 Å². The number of anilines is 1. The van der Waals surface area contributed by atoms with Crippen LogP contribution in [0.3, 0.4) is 0 Å². The lowest BCUT2D eigenvalue weighted by atomic mass is 9.72. The predicted molar refractivity (Wildman–Crippen MR) is 187 cm³/mol. The SMILES string of the molecule is CCOc1cc(C=Nc2sc3c(c2C(=O)Nc2ccccc2)CC[C@H](C(C)(C)C)C3)ccc1OCc1cccc2ccccc12. The Hall–Kier alpha value is -4.42. The number of hydrogen-bond acceptors (Lipinski definition) is 5. The van der Waals surface area contributed by atoms with Gasteiger partial charge in [0, 0.05) is 16.8 Å². The summed E-state index contributed by atoms with van der Waals surface area (Å²) in [6, 6.07) is 30.1. The van der Waals surface area contributed by atoms with Gasteiger partial charge < -0.3 is 14.8 Å². The summed E-state index contributed by atoms with van der Waals surface area (Å²) in [5.41, 5.74) is 4.84. The molecule has 0 saturated heterocycles. The van der Waals surface area contributed by atoms with Crippen LogP contribution in [0, 0.1) is 11.3 Å². The molecule has 45 heavy (non-hydrogen) atoms. The van der Waals surface area contributed by atoms with Gasteiger partial charge in [-0.1, -0.05) is 81.4 Å². The minimum Gasteiger partial charge on any atom is -0.490 e. The lowest BCUT2D eigenvalue weighted by Crippen LogP contribution is -2.27. The number of carbonyl (C=O) groups is 1. The Morgan fingerprint density at radius 2 is 1.73 bits per heavy atom. The summed E-state index contributed by atoms with van der Waals surface area (Å²) in [6.45, 7) is 9.85. The Labute approximate surface area is 269 Å². The van der Waals surface area contributed by atoms with E-state index >= 15 is 0 Å². The highest BCUT2D eigenvalue weighted by molar-refractivity contribution is 7.16. The summed E-state index contributed by atoms with van der Waals surface area (Å²) in [4.78, 5) is 19.9. The van der Waals surface area contributed by atoms with Crippen molar-refractivity contribution in [3.8, 4) is 11.5 Å². The molecular weight excluding hydrogens is 577 g/mol. The normalized spacial score (nSPS) is 14.8. The fraction of sp³-hybridized carbons (Fsp3) is 0.282. The molecule has 1 N–H and O–H groups in total. The van der Waals surface area contributed by atoms with Crippen molar-refractivity contribution in [1.29, 1.82) is 0 Å². The number of aliphatic imine (C=N–C) groups is 1. The van der Waals surface area contributed by atoms with E-state index in [0.717, 1.165) is 46.6 Å². The van der Waals surface area contributed by atoms with Crippen molar-refractivity contribution in [2.24, 2.45) is 16.3 Å². The van der Waals surface area contributed by atoms with Crippen LogP contribution in [0.2, 0.25) is 0 Å². The average molecular weight is 617 g/mol. The molecule has 0 aliphatic heterocycles. The molecule has 0 spiro atoms. The van der Waals surface area contributed by atoms with Gasteiger partial charge in [-0.25, -0.2) is 4.99 Å². The Balaban J connectivity index is 1.27. The smallest absolute Gasteiger partial charge is 0.259 e. The second-order valence-corrected chi connectivity index (χ2v) is 13.7. The van der Waals surface area contributed by atoms with Crippen LogP contribution < -0.4 is 14.8 Å². The highest BCUT2D eigenvalue weighted by atomic mass is 32.1. The predicted octanol–water partition coefficient (Wildman–Crippen LogP) is 10.0. The molecule has 0 saturated carbocycles. The number of fused-ring (bicyclic) bond motifs is 2. The van der Waals surface area contributed by atoms with E-state index in [1.807, 2.05) is 67.7 Å². The average Bonchev–Trinajstić information content (AvgIpc) is 3.41. The van der Waals surface area contributed by atoms with E-state index in [2.05, 4.69) is 62.5 Å². The molecule has 0 fully saturated rings. The maximum atomic E-state index is 13.7. The van der Waals surface area contributed by atoms with Crippen molar-refractivity contribution in [2.45, 2.75) is 53.6 Å². The first-order valence-corrected chi connectivity index (χ1v) is 16.5. The summed E-state index contributed by atoms with van der Waals surface area (Å²) in [5.74, 6) is 1.82. The molecule has 0 radical (unpaired) electrons. The van der Waals surface area contributed by atoms with E-state index < -0.39 is 0 Å². The van der Waals surface area contributed by atoms with E-state index in [1.54, 1.807) is 11.3 Å². The maximum Gasteiger partial charge on any atom is 0.259 e. The third-order valence-electron chi connectivity index (χ3n) is 8.59. The molecule has 230 valence electrons. The Morgan fingerprint density at radius 3 is 2.53 bits per heavy atom. The third-order valence-corrected chi connectivity index (χ3v) is 9.75. The van der Waals surface area contributed by atoms with Crippen LogP contribution in [0.4, 0.5) is 10.7 Å². The van der Waals surface area contributed by atoms with Crippen molar-refractivity contribution in [3.05, 3.63) is 118 Å². The van der Waals surface area contributed by atoms with E-state index in [-0.39, 0.29) is 11.3 Å². The van der Waals surface area contributed by atoms with Crippen LogP contribution in [-0.4, -0.2) is 18.7 Å². The van der Waals surface area contributed by atoms with Crippen LogP contribution in [0.15, 0.2) is 96.0 Å². The topological polar surface area (TPSA) is 59.9 Å². The summed E-state index contributed by atoms with van der Waals surface area (Å²) in [5, 5.41) is 6.22. The first-order valence-electron chi connectivity index (χ1n) is 15.7. The summed E-state index contributed by atoms with van der Waals surface area (Å²) >= 11 is 1.65. The standard InChI is InChI=1S/C39H40N2O3S/c1-5-43-34-22-26(18-21-33(34)44-25-28-14-11-13-27-12-9-10-17-31(27)28)24-40-38-36(37(42)41-30-15-7-6-8-16-30)32-20-19-29(39(2,3)4)23-35(32)45-38/h6-18,21-22,24,29H,5,19-20,23,25H2,1-4H3,(H,41,42)/t29-/m0/s1. The number of benzene rings is 4. The zero-order valence-electron chi connectivity index (χ0n) is 26.4. The maximum absolute atomic E-state index is 13.7. The molecule has 1 heterocycles. The largest absolute Gasteiger partial charge is 0.490 e. The lowest BCUT2D eigenvalue weighted by Gasteiger charge is -2.33. The molecular formula is C39H40N2O3S. The first kappa shape index (κ1) is 30.6. The van der Waals surface area contributed by atoms with Crippen molar-refractivity contribution >= 4 is 44.9 Å². The van der Waals surface area contributed by atoms with E-state index in [1.165, 1.54) is 15.6 Å². The van der Waals surface area contributed by atoms with Crippen LogP contribution in [-0.2, 0) is 19.4 Å². The van der Waals surface area contributed by atoms with Gasteiger partial charge in [0.05, 0.1) is 12.2 Å². The van der Waals surface area contributed by atoms with Gasteiger partial charge in [-0.2, -0.15) is 0 Å². The highest BCUT2D eigenvalue weighted by Crippen LogP contribution is 2.45. The number of rotatable bonds is 9. The van der Waals surface area contributed by atoms with E-state index in [9.17, 15) is 4.79 Å². The third kappa shape index (κ3) is 6.97. The number of thiophene rings is 1. The zero-order chi connectivity index (χ0) is 31.4. The fourth-order valence-corrected chi connectivity index (χ4v) is 7.32. The summed E-state index contributed by atoms with van der Waals surface area (Å²) < 4.78 is 12.3. The minimum atomic E-state index is -0.104. The summed E-state index contributed by atoms with van der Waals surface area (Å²) in [6.07, 6.45) is 4.76. The fourth-order valence-electron chi connectivity index (χ4n) is 6.05. The molecule has 1 atom stereocenters. The van der Waals surface area contributed by atoms with Crippen LogP contribution in [0.1, 0.15) is 66.0 Å². The van der Waals surface area contributed by atoms with E-state index in [0.29, 0.717) is 36.2 Å². The lowest BCUT2D eigenvalue weighted by molar-refractivity contribution is 0.102. The van der Waals surface area contributed by atoms with Crippen molar-refractivity contribution in [3.63, 3.8) is 0 Å². The minimum absolute atomic E-state index is 0.104. The number of para-hydroxylation sites is 1. The zero-order valence-corrected chi connectivity index (χ0v) is 27.2. The van der Waals surface area contributed by atoms with Crippen molar-refractivity contribution in [2.75, 3.05) is 11.9 Å². The van der Waals surface area contributed by atoms with Gasteiger partial charge in [-0.05, 0) is 95.3 Å². The number of nitrogens with zero attached hydrogens (tertiary/aromatic N) is 1. The van der Waals surface area contributed by atoms with Gasteiger partial charge in [0.1, 0.15) is 11.6 Å². The molecule has 1 aliphatic rings. The van der Waals surface area contributed by atoms with Gasteiger partial charge >= 0.3 is 0 Å². The second kappa shape index (κ2) is 13.3. The molecule has 1 aliphatic carbocycles.